The third-order valence-electron chi connectivity index (χ3n) is 2.92. The van der Waals surface area contributed by atoms with E-state index in [-0.39, 0.29) is 0 Å². The lowest BCUT2D eigenvalue weighted by Gasteiger charge is -2.20. The Hall–Kier alpha value is -1.73. The van der Waals surface area contributed by atoms with Gasteiger partial charge in [-0.15, -0.1) is 0 Å². The maximum Gasteiger partial charge on any atom is 0.160 e. The van der Waals surface area contributed by atoms with Crippen molar-refractivity contribution in [1.29, 1.82) is 0 Å². The molecule has 0 aromatic carbocycles. The molecule has 90 valence electrons. The normalized spacial score (nSPS) is 24.3. The lowest BCUT2D eigenvalue weighted by atomic mass is 10.0. The Bertz CT molecular complexity index is 520. The monoisotopic (exact) mass is 235 g/mol. The fourth-order valence-electron chi connectivity index (χ4n) is 1.89. The SMILES string of the molecule is OC1(CNc2ncnc3[nH]ncc23)CCOC1. The zero-order valence-corrected chi connectivity index (χ0v) is 9.18. The van der Waals surface area contributed by atoms with Gasteiger partial charge in [-0.3, -0.25) is 5.10 Å². The fraction of sp³-hybridized carbons (Fsp3) is 0.500. The van der Waals surface area contributed by atoms with Gasteiger partial charge in [0.2, 0.25) is 0 Å². The zero-order chi connectivity index (χ0) is 11.7. The molecule has 1 atom stereocenters. The third kappa shape index (κ3) is 1.94. The molecule has 1 saturated heterocycles. The van der Waals surface area contributed by atoms with E-state index in [4.69, 9.17) is 4.74 Å². The van der Waals surface area contributed by atoms with Gasteiger partial charge in [-0.05, 0) is 0 Å². The minimum atomic E-state index is -0.805. The molecule has 0 amide bonds. The van der Waals surface area contributed by atoms with Gasteiger partial charge in [0.1, 0.15) is 17.7 Å². The Labute approximate surface area is 97.2 Å². The zero-order valence-electron chi connectivity index (χ0n) is 9.18. The highest BCUT2D eigenvalue weighted by atomic mass is 16.5. The van der Waals surface area contributed by atoms with Crippen LogP contribution in [0.5, 0.6) is 0 Å². The molecule has 1 aliphatic rings. The van der Waals surface area contributed by atoms with Crippen LogP contribution in [0, 0.1) is 0 Å². The van der Waals surface area contributed by atoms with Gasteiger partial charge in [0.05, 0.1) is 18.2 Å². The molecule has 7 nitrogen and oxygen atoms in total. The van der Waals surface area contributed by atoms with Crippen LogP contribution in [-0.4, -0.2) is 50.6 Å². The van der Waals surface area contributed by atoms with Crippen molar-refractivity contribution in [3.63, 3.8) is 0 Å². The number of hydrogen-bond acceptors (Lipinski definition) is 6. The number of rotatable bonds is 3. The average molecular weight is 235 g/mol. The van der Waals surface area contributed by atoms with Crippen LogP contribution in [0.4, 0.5) is 5.82 Å². The van der Waals surface area contributed by atoms with Crippen molar-refractivity contribution in [2.24, 2.45) is 0 Å². The third-order valence-corrected chi connectivity index (χ3v) is 2.92. The predicted octanol–water partition coefficient (Wildman–Crippen LogP) is -0.0838. The maximum absolute atomic E-state index is 10.1. The first kappa shape index (κ1) is 10.4. The van der Waals surface area contributed by atoms with Crippen LogP contribution >= 0.6 is 0 Å². The highest BCUT2D eigenvalue weighted by Crippen LogP contribution is 2.21. The second-order valence-electron chi connectivity index (χ2n) is 4.24. The number of fused-ring (bicyclic) bond motifs is 1. The smallest absolute Gasteiger partial charge is 0.160 e. The average Bonchev–Trinajstić information content (AvgIpc) is 2.95. The van der Waals surface area contributed by atoms with Crippen molar-refractivity contribution < 1.29 is 9.84 Å². The predicted molar refractivity (Wildman–Crippen MR) is 60.6 cm³/mol. The summed E-state index contributed by atoms with van der Waals surface area (Å²) in [5.74, 6) is 0.670. The number of aromatic amines is 1. The Morgan fingerprint density at radius 1 is 1.53 bits per heavy atom. The lowest BCUT2D eigenvalue weighted by molar-refractivity contribution is 0.0381. The highest BCUT2D eigenvalue weighted by Gasteiger charge is 2.32. The number of nitrogens with zero attached hydrogens (tertiary/aromatic N) is 3. The molecule has 0 spiro atoms. The molecule has 3 heterocycles. The molecule has 2 aromatic rings. The van der Waals surface area contributed by atoms with Crippen LogP contribution in [0.25, 0.3) is 11.0 Å². The number of aliphatic hydroxyl groups is 1. The minimum absolute atomic E-state index is 0.361. The first-order valence-corrected chi connectivity index (χ1v) is 5.45. The molecule has 3 rings (SSSR count). The second-order valence-corrected chi connectivity index (χ2v) is 4.24. The van der Waals surface area contributed by atoms with Crippen molar-refractivity contribution >= 4 is 16.9 Å². The summed E-state index contributed by atoms with van der Waals surface area (Å²) in [6.45, 7) is 1.37. The van der Waals surface area contributed by atoms with Gasteiger partial charge in [-0.2, -0.15) is 5.10 Å². The number of hydrogen-bond donors (Lipinski definition) is 3. The van der Waals surface area contributed by atoms with E-state index in [0.29, 0.717) is 37.6 Å². The van der Waals surface area contributed by atoms with Gasteiger partial charge < -0.3 is 15.2 Å². The van der Waals surface area contributed by atoms with Gasteiger partial charge >= 0.3 is 0 Å². The van der Waals surface area contributed by atoms with Crippen LogP contribution in [0.3, 0.4) is 0 Å². The molecular weight excluding hydrogens is 222 g/mol. The summed E-state index contributed by atoms with van der Waals surface area (Å²) in [6, 6.07) is 0. The standard InChI is InChI=1S/C10H13N5O2/c16-10(1-2-17-5-10)4-11-8-7-3-14-15-9(7)13-6-12-8/h3,6,16H,1-2,4-5H2,(H2,11,12,13,14,15). The maximum atomic E-state index is 10.1. The van der Waals surface area contributed by atoms with Crippen LogP contribution in [0.1, 0.15) is 6.42 Å². The van der Waals surface area contributed by atoms with Crippen molar-refractivity contribution in [2.45, 2.75) is 12.0 Å². The molecule has 0 aliphatic carbocycles. The minimum Gasteiger partial charge on any atom is -0.386 e. The van der Waals surface area contributed by atoms with Crippen molar-refractivity contribution in [2.75, 3.05) is 25.1 Å². The first-order valence-electron chi connectivity index (χ1n) is 5.45. The van der Waals surface area contributed by atoms with E-state index in [2.05, 4.69) is 25.5 Å². The van der Waals surface area contributed by atoms with E-state index in [1.807, 2.05) is 0 Å². The summed E-state index contributed by atoms with van der Waals surface area (Å²) in [5.41, 5.74) is -0.127. The summed E-state index contributed by atoms with van der Waals surface area (Å²) in [4.78, 5) is 8.18. The van der Waals surface area contributed by atoms with E-state index in [0.717, 1.165) is 5.39 Å². The number of aromatic nitrogens is 4. The van der Waals surface area contributed by atoms with Gasteiger partial charge in [0.15, 0.2) is 5.65 Å². The van der Waals surface area contributed by atoms with Crippen molar-refractivity contribution in [1.82, 2.24) is 20.2 Å². The number of nitrogens with one attached hydrogen (secondary N) is 2. The van der Waals surface area contributed by atoms with E-state index in [1.54, 1.807) is 6.20 Å². The van der Waals surface area contributed by atoms with E-state index in [1.165, 1.54) is 6.33 Å². The molecule has 1 unspecified atom stereocenters. The Kier molecular flexibility index (Phi) is 2.41. The molecule has 2 aromatic heterocycles. The van der Waals surface area contributed by atoms with Crippen LogP contribution < -0.4 is 5.32 Å². The van der Waals surface area contributed by atoms with E-state index >= 15 is 0 Å². The summed E-state index contributed by atoms with van der Waals surface area (Å²) in [6.07, 6.45) is 3.75. The van der Waals surface area contributed by atoms with Gasteiger partial charge in [0.25, 0.3) is 0 Å². The van der Waals surface area contributed by atoms with E-state index in [9.17, 15) is 5.11 Å². The van der Waals surface area contributed by atoms with E-state index < -0.39 is 5.60 Å². The Morgan fingerprint density at radius 2 is 2.47 bits per heavy atom. The Morgan fingerprint density at radius 3 is 3.29 bits per heavy atom. The quantitative estimate of drug-likeness (QED) is 0.688. The molecule has 1 fully saturated rings. The molecule has 0 radical (unpaired) electrons. The van der Waals surface area contributed by atoms with Crippen molar-refractivity contribution in [3.05, 3.63) is 12.5 Å². The van der Waals surface area contributed by atoms with Gasteiger partial charge in [-0.25, -0.2) is 9.97 Å². The first-order chi connectivity index (χ1) is 8.27. The summed E-state index contributed by atoms with van der Waals surface area (Å²) < 4.78 is 5.18. The molecule has 7 heteroatoms. The van der Waals surface area contributed by atoms with Crippen molar-refractivity contribution in [3.8, 4) is 0 Å². The molecule has 0 bridgehead atoms. The van der Waals surface area contributed by atoms with Gasteiger partial charge in [-0.1, -0.05) is 0 Å². The summed E-state index contributed by atoms with van der Waals surface area (Å²) >= 11 is 0. The molecule has 17 heavy (non-hydrogen) atoms. The number of H-pyrrole nitrogens is 1. The fourth-order valence-corrected chi connectivity index (χ4v) is 1.89. The second kappa shape index (κ2) is 3.94. The number of ether oxygens (including phenoxy) is 1. The van der Waals surface area contributed by atoms with Gasteiger partial charge in [0, 0.05) is 19.6 Å². The molecule has 3 N–H and O–H groups in total. The molecule has 1 aliphatic heterocycles. The summed E-state index contributed by atoms with van der Waals surface area (Å²) in [5, 5.41) is 20.7. The highest BCUT2D eigenvalue weighted by molar-refractivity contribution is 5.85. The molecule has 0 saturated carbocycles. The lowest BCUT2D eigenvalue weighted by Crippen LogP contribution is -2.37. The number of anilines is 1. The largest absolute Gasteiger partial charge is 0.386 e. The molecular formula is C10H13N5O2. The van der Waals surface area contributed by atoms with Crippen LogP contribution in [0.15, 0.2) is 12.5 Å². The van der Waals surface area contributed by atoms with Crippen LogP contribution in [-0.2, 0) is 4.74 Å². The topological polar surface area (TPSA) is 96.0 Å². The van der Waals surface area contributed by atoms with Crippen LogP contribution in [0.2, 0.25) is 0 Å². The Balaban J connectivity index is 1.78. The summed E-state index contributed by atoms with van der Waals surface area (Å²) in [7, 11) is 0.